The van der Waals surface area contributed by atoms with E-state index in [0.717, 1.165) is 72.1 Å². The molecule has 7 aromatic carbocycles. The molecule has 0 saturated carbocycles. The van der Waals surface area contributed by atoms with E-state index in [-0.39, 0.29) is 5.92 Å². The van der Waals surface area contributed by atoms with Crippen LogP contribution in [-0.4, -0.2) is 17.3 Å². The standard InChI is InChI=1S/C48H33N3O2/c1-48-39(35-15-6-9-20-42(35)53-48)17-10-18-40(48)36-25-26-38(44-43(36)37-16-7-8-19-41(37)52-44)47-50-45(33-23-21-29-11-2-4-13-31(29)27-33)49-46(51-47)34-24-22-30-12-3-5-14-32(30)28-34/h2-28,39,45H,1H3,(H,49,50,51). The van der Waals surface area contributed by atoms with Gasteiger partial charge in [0.25, 0.3) is 0 Å². The first kappa shape index (κ1) is 30.0. The lowest BCUT2D eigenvalue weighted by Gasteiger charge is -2.34. The van der Waals surface area contributed by atoms with Gasteiger partial charge in [-0.05, 0) is 69.9 Å². The van der Waals surface area contributed by atoms with Crippen LogP contribution in [0.15, 0.2) is 178 Å². The van der Waals surface area contributed by atoms with Crippen LogP contribution in [0.4, 0.5) is 0 Å². The molecule has 1 aromatic heterocycles. The molecule has 0 spiro atoms. The number of rotatable bonds is 4. The van der Waals surface area contributed by atoms with E-state index in [9.17, 15) is 0 Å². The largest absolute Gasteiger partial charge is 0.482 e. The second-order valence-electron chi connectivity index (χ2n) is 14.3. The maximum absolute atomic E-state index is 6.83. The second-order valence-corrected chi connectivity index (χ2v) is 14.3. The third-order valence-corrected chi connectivity index (χ3v) is 11.2. The van der Waals surface area contributed by atoms with E-state index in [2.05, 4.69) is 158 Å². The first-order valence-electron chi connectivity index (χ1n) is 18.1. The average Bonchev–Trinajstić information content (AvgIpc) is 3.75. The molecular formula is C48H33N3O2. The molecule has 5 nitrogen and oxygen atoms in total. The summed E-state index contributed by atoms with van der Waals surface area (Å²) in [4.78, 5) is 10.6. The minimum Gasteiger partial charge on any atom is -0.482 e. The molecule has 3 unspecified atom stereocenters. The van der Waals surface area contributed by atoms with E-state index in [1.165, 1.54) is 16.3 Å². The smallest absolute Gasteiger partial charge is 0.169 e. The lowest BCUT2D eigenvalue weighted by atomic mass is 9.74. The minimum atomic E-state index is -0.580. The Morgan fingerprint density at radius 2 is 1.34 bits per heavy atom. The number of hydrogen-bond acceptors (Lipinski definition) is 5. The number of ether oxygens (including phenoxy) is 1. The predicted molar refractivity (Wildman–Crippen MR) is 216 cm³/mol. The van der Waals surface area contributed by atoms with Crippen molar-refractivity contribution in [3.63, 3.8) is 0 Å². The third kappa shape index (κ3) is 4.63. The number of aliphatic imine (C=N–C) groups is 2. The van der Waals surface area contributed by atoms with Gasteiger partial charge in [0.05, 0.1) is 5.56 Å². The van der Waals surface area contributed by atoms with Crippen molar-refractivity contribution < 1.29 is 9.15 Å². The molecule has 1 N–H and O–H groups in total. The number of nitrogens with one attached hydrogen (secondary N) is 1. The van der Waals surface area contributed by atoms with Gasteiger partial charge in [-0.15, -0.1) is 0 Å². The molecule has 0 amide bonds. The maximum Gasteiger partial charge on any atom is 0.169 e. The van der Waals surface area contributed by atoms with Crippen molar-refractivity contribution in [3.8, 4) is 5.75 Å². The fraction of sp³-hybridized carbons (Fsp3) is 0.0833. The summed E-state index contributed by atoms with van der Waals surface area (Å²) in [7, 11) is 0. The first-order valence-corrected chi connectivity index (χ1v) is 18.1. The van der Waals surface area contributed by atoms with Crippen molar-refractivity contribution in [2.45, 2.75) is 24.6 Å². The van der Waals surface area contributed by atoms with Crippen molar-refractivity contribution in [3.05, 3.63) is 192 Å². The molecule has 3 atom stereocenters. The quantitative estimate of drug-likeness (QED) is 0.201. The number of benzene rings is 7. The number of nitrogens with zero attached hydrogens (tertiary/aromatic N) is 2. The van der Waals surface area contributed by atoms with Gasteiger partial charge in [-0.2, -0.15) is 0 Å². The summed E-state index contributed by atoms with van der Waals surface area (Å²) in [6, 6.07) is 50.8. The molecular weight excluding hydrogens is 651 g/mol. The summed E-state index contributed by atoms with van der Waals surface area (Å²) in [6.07, 6.45) is 6.17. The van der Waals surface area contributed by atoms with Gasteiger partial charge < -0.3 is 14.5 Å². The zero-order chi connectivity index (χ0) is 35.1. The average molecular weight is 684 g/mol. The SMILES string of the molecule is CC12Oc3ccccc3C1C=CC=C2c1ccc(C2=NC(c3ccc4ccccc4c3)N=C(c3ccc4ccccc4c3)N2)c2oc3ccccc3c12. The van der Waals surface area contributed by atoms with E-state index in [4.69, 9.17) is 19.1 Å². The van der Waals surface area contributed by atoms with Crippen LogP contribution in [-0.2, 0) is 0 Å². The summed E-state index contributed by atoms with van der Waals surface area (Å²) in [5.74, 6) is 2.51. The molecule has 11 rings (SSSR count). The normalized spacial score (nSPS) is 20.4. The van der Waals surface area contributed by atoms with E-state index < -0.39 is 11.8 Å². The zero-order valence-electron chi connectivity index (χ0n) is 29.0. The Morgan fingerprint density at radius 1 is 0.642 bits per heavy atom. The molecule has 0 radical (unpaired) electrons. The van der Waals surface area contributed by atoms with Crippen molar-refractivity contribution >= 4 is 60.7 Å². The van der Waals surface area contributed by atoms with Crippen LogP contribution >= 0.6 is 0 Å². The summed E-state index contributed by atoms with van der Waals surface area (Å²) in [5.41, 5.74) is 7.34. The number of hydrogen-bond donors (Lipinski definition) is 1. The number of amidine groups is 2. The molecule has 3 heterocycles. The van der Waals surface area contributed by atoms with Gasteiger partial charge in [0, 0.05) is 33.4 Å². The molecule has 2 aliphatic heterocycles. The lowest BCUT2D eigenvalue weighted by molar-refractivity contribution is 0.166. The minimum absolute atomic E-state index is 0.0967. The molecule has 5 heteroatoms. The first-order chi connectivity index (χ1) is 26.1. The summed E-state index contributed by atoms with van der Waals surface area (Å²) in [6.45, 7) is 2.21. The molecule has 0 bridgehead atoms. The van der Waals surface area contributed by atoms with Gasteiger partial charge in [0.2, 0.25) is 0 Å². The Hall–Kier alpha value is -6.72. The van der Waals surface area contributed by atoms with Gasteiger partial charge in [0.15, 0.2) is 6.17 Å². The predicted octanol–water partition coefficient (Wildman–Crippen LogP) is 11.3. The summed E-state index contributed by atoms with van der Waals surface area (Å²) in [5, 5.41) is 10.4. The van der Waals surface area contributed by atoms with Crippen LogP contribution in [0.1, 0.15) is 46.8 Å². The molecule has 0 fully saturated rings. The van der Waals surface area contributed by atoms with E-state index in [1.54, 1.807) is 0 Å². The second kappa shape index (κ2) is 11.4. The van der Waals surface area contributed by atoms with Gasteiger partial charge in [-0.1, -0.05) is 133 Å². The van der Waals surface area contributed by atoms with Gasteiger partial charge in [-0.3, -0.25) is 0 Å². The number of furan rings is 1. The molecule has 53 heavy (non-hydrogen) atoms. The maximum atomic E-state index is 6.83. The number of para-hydroxylation sites is 2. The lowest BCUT2D eigenvalue weighted by Crippen LogP contribution is -2.37. The van der Waals surface area contributed by atoms with Crippen LogP contribution in [0.3, 0.4) is 0 Å². The third-order valence-electron chi connectivity index (χ3n) is 11.2. The van der Waals surface area contributed by atoms with Crippen LogP contribution in [0.25, 0.3) is 49.1 Å². The Balaban J connectivity index is 1.10. The molecule has 0 saturated heterocycles. The fourth-order valence-corrected chi connectivity index (χ4v) is 8.54. The Bertz CT molecular complexity index is 2950. The highest BCUT2D eigenvalue weighted by molar-refractivity contribution is 6.23. The molecule has 8 aromatic rings. The highest BCUT2D eigenvalue weighted by Gasteiger charge is 2.48. The van der Waals surface area contributed by atoms with Gasteiger partial charge in [0.1, 0.15) is 34.2 Å². The molecule has 252 valence electrons. The van der Waals surface area contributed by atoms with Crippen LogP contribution in [0.2, 0.25) is 0 Å². The monoisotopic (exact) mass is 683 g/mol. The summed E-state index contributed by atoms with van der Waals surface area (Å²) < 4.78 is 13.7. The van der Waals surface area contributed by atoms with E-state index >= 15 is 0 Å². The van der Waals surface area contributed by atoms with E-state index in [1.807, 2.05) is 18.2 Å². The van der Waals surface area contributed by atoms with Crippen LogP contribution < -0.4 is 10.1 Å². The van der Waals surface area contributed by atoms with Crippen molar-refractivity contribution in [1.82, 2.24) is 5.32 Å². The van der Waals surface area contributed by atoms with Crippen molar-refractivity contribution in [1.29, 1.82) is 0 Å². The van der Waals surface area contributed by atoms with Crippen molar-refractivity contribution in [2.75, 3.05) is 0 Å². The Labute approximate surface area is 306 Å². The Morgan fingerprint density at radius 3 is 2.21 bits per heavy atom. The number of allylic oxidation sites excluding steroid dienone is 2. The fourth-order valence-electron chi connectivity index (χ4n) is 8.54. The Kier molecular flexibility index (Phi) is 6.44. The highest BCUT2D eigenvalue weighted by atomic mass is 16.5. The summed E-state index contributed by atoms with van der Waals surface area (Å²) >= 11 is 0. The van der Waals surface area contributed by atoms with Gasteiger partial charge in [-0.25, -0.2) is 9.98 Å². The van der Waals surface area contributed by atoms with Gasteiger partial charge >= 0.3 is 0 Å². The zero-order valence-corrected chi connectivity index (χ0v) is 29.0. The molecule has 1 aliphatic carbocycles. The molecule has 3 aliphatic rings. The van der Waals surface area contributed by atoms with Crippen LogP contribution in [0, 0.1) is 0 Å². The van der Waals surface area contributed by atoms with Crippen molar-refractivity contribution in [2.24, 2.45) is 9.98 Å². The highest BCUT2D eigenvalue weighted by Crippen LogP contribution is 2.54. The van der Waals surface area contributed by atoms with E-state index in [0.29, 0.717) is 5.84 Å². The van der Waals surface area contributed by atoms with Crippen LogP contribution in [0.5, 0.6) is 5.75 Å². The topological polar surface area (TPSA) is 59.1 Å². The number of fused-ring (bicyclic) bond motifs is 8.